The molecule has 1 aliphatic heterocycles. The van der Waals surface area contributed by atoms with E-state index in [-0.39, 0.29) is 23.1 Å². The first-order valence-electron chi connectivity index (χ1n) is 14.0. The highest BCUT2D eigenvalue weighted by molar-refractivity contribution is 7.92. The van der Waals surface area contributed by atoms with Gasteiger partial charge in [-0.3, -0.25) is 9.10 Å². The number of nitrogens with one attached hydrogen (secondary N) is 1. The molecule has 6 rings (SSSR count). The summed E-state index contributed by atoms with van der Waals surface area (Å²) in [6.07, 6.45) is 4.24. The summed E-state index contributed by atoms with van der Waals surface area (Å²) in [5, 5.41) is 3.17. The number of hydrogen-bond acceptors (Lipinski definition) is 7. The van der Waals surface area contributed by atoms with Crippen LogP contribution >= 0.6 is 0 Å². The fourth-order valence-corrected chi connectivity index (χ4v) is 6.16. The van der Waals surface area contributed by atoms with Crippen molar-refractivity contribution in [3.8, 4) is 22.6 Å². The lowest BCUT2D eigenvalue weighted by Gasteiger charge is -2.34. The number of anilines is 2. The zero-order valence-electron chi connectivity index (χ0n) is 24.3. The lowest BCUT2D eigenvalue weighted by atomic mass is 9.88. The first-order valence-corrected chi connectivity index (χ1v) is 15.9. The second-order valence-corrected chi connectivity index (χ2v) is 12.8. The van der Waals surface area contributed by atoms with Gasteiger partial charge in [0.2, 0.25) is 10.0 Å². The van der Waals surface area contributed by atoms with Gasteiger partial charge in [-0.1, -0.05) is 0 Å². The molecule has 1 N–H and O–H groups in total. The number of fused-ring (bicyclic) bond motifs is 1. The number of carbonyl (C=O) groups excluding carboxylic acids is 1. The summed E-state index contributed by atoms with van der Waals surface area (Å²) < 4.78 is 66.1. The Morgan fingerprint density at radius 1 is 1.02 bits per heavy atom. The van der Waals surface area contributed by atoms with Crippen molar-refractivity contribution in [3.63, 3.8) is 0 Å². The average molecular weight is 621 g/mol. The Hall–Kier alpha value is -4.71. The normalized spacial score (nSPS) is 15.5. The number of carbonyl (C=O) groups is 1. The van der Waals surface area contributed by atoms with Crippen molar-refractivity contribution < 1.29 is 30.8 Å². The highest BCUT2D eigenvalue weighted by Gasteiger charge is 2.31. The van der Waals surface area contributed by atoms with Crippen molar-refractivity contribution in [1.82, 2.24) is 10.3 Å². The van der Waals surface area contributed by atoms with Gasteiger partial charge in [-0.2, -0.15) is 0 Å². The molecule has 1 amide bonds. The Bertz CT molecular complexity index is 1950. The second-order valence-electron chi connectivity index (χ2n) is 10.8. The van der Waals surface area contributed by atoms with Gasteiger partial charge in [0.1, 0.15) is 23.0 Å². The SMILES string of the molecule is CNC(=O)c1c(-c2ccc(F)cc2)oc2cc(N(C)S(C)(=O)=O)c(C3CCCN(c4ncc(-c5ccc(F)cc5)o4)C3)cc12. The molecule has 0 bridgehead atoms. The monoisotopic (exact) mass is 620 g/mol. The maximum atomic E-state index is 13.7. The van der Waals surface area contributed by atoms with Gasteiger partial charge < -0.3 is 19.1 Å². The number of halogens is 2. The van der Waals surface area contributed by atoms with E-state index in [1.165, 1.54) is 54.8 Å². The number of sulfonamides is 1. The molecule has 228 valence electrons. The van der Waals surface area contributed by atoms with Crippen LogP contribution in [0.2, 0.25) is 0 Å². The zero-order chi connectivity index (χ0) is 31.2. The van der Waals surface area contributed by atoms with Crippen LogP contribution in [0.1, 0.15) is 34.7 Å². The van der Waals surface area contributed by atoms with Crippen LogP contribution in [0.15, 0.2) is 75.7 Å². The molecule has 1 fully saturated rings. The van der Waals surface area contributed by atoms with Crippen LogP contribution in [0.3, 0.4) is 0 Å². The van der Waals surface area contributed by atoms with Gasteiger partial charge in [0.15, 0.2) is 5.76 Å². The molecular weight excluding hydrogens is 590 g/mol. The summed E-state index contributed by atoms with van der Waals surface area (Å²) in [5.41, 5.74) is 2.94. The molecule has 1 aliphatic rings. The van der Waals surface area contributed by atoms with Crippen molar-refractivity contribution in [2.24, 2.45) is 0 Å². The molecule has 0 saturated carbocycles. The van der Waals surface area contributed by atoms with Gasteiger partial charge in [-0.15, -0.1) is 0 Å². The zero-order valence-corrected chi connectivity index (χ0v) is 25.1. The van der Waals surface area contributed by atoms with Gasteiger partial charge in [-0.25, -0.2) is 22.2 Å². The molecule has 44 heavy (non-hydrogen) atoms. The Labute approximate surface area is 253 Å². The van der Waals surface area contributed by atoms with E-state index in [1.54, 1.807) is 24.4 Å². The van der Waals surface area contributed by atoms with E-state index in [4.69, 9.17) is 8.83 Å². The van der Waals surface area contributed by atoms with Gasteiger partial charge >= 0.3 is 0 Å². The van der Waals surface area contributed by atoms with Crippen LogP contribution in [0.4, 0.5) is 20.5 Å². The van der Waals surface area contributed by atoms with Crippen molar-refractivity contribution in [1.29, 1.82) is 0 Å². The Balaban J connectivity index is 1.44. The van der Waals surface area contributed by atoms with Crippen molar-refractivity contribution in [3.05, 3.63) is 89.6 Å². The maximum Gasteiger partial charge on any atom is 0.297 e. The Morgan fingerprint density at radius 3 is 2.32 bits per heavy atom. The lowest BCUT2D eigenvalue weighted by Crippen LogP contribution is -2.35. The molecule has 9 nitrogen and oxygen atoms in total. The van der Waals surface area contributed by atoms with E-state index in [9.17, 15) is 22.0 Å². The average Bonchev–Trinajstić information content (AvgIpc) is 3.65. The molecule has 12 heteroatoms. The number of aromatic nitrogens is 1. The van der Waals surface area contributed by atoms with E-state index < -0.39 is 21.7 Å². The van der Waals surface area contributed by atoms with E-state index >= 15 is 0 Å². The van der Waals surface area contributed by atoms with Crippen LogP contribution < -0.4 is 14.5 Å². The third kappa shape index (κ3) is 5.52. The summed E-state index contributed by atoms with van der Waals surface area (Å²) >= 11 is 0. The topological polar surface area (TPSA) is 109 Å². The molecule has 1 unspecified atom stereocenters. The van der Waals surface area contributed by atoms with Crippen LogP contribution in [0.5, 0.6) is 0 Å². The van der Waals surface area contributed by atoms with E-state index in [0.717, 1.165) is 24.7 Å². The molecule has 2 aromatic heterocycles. The third-order valence-electron chi connectivity index (χ3n) is 7.99. The molecule has 1 saturated heterocycles. The second kappa shape index (κ2) is 11.4. The lowest BCUT2D eigenvalue weighted by molar-refractivity contribution is 0.0964. The molecule has 3 aromatic carbocycles. The third-order valence-corrected chi connectivity index (χ3v) is 9.18. The molecule has 1 atom stereocenters. The molecule has 0 aliphatic carbocycles. The first-order chi connectivity index (χ1) is 21.0. The van der Waals surface area contributed by atoms with Crippen LogP contribution in [-0.2, 0) is 10.0 Å². The summed E-state index contributed by atoms with van der Waals surface area (Å²) in [4.78, 5) is 19.7. The number of nitrogens with zero attached hydrogens (tertiary/aromatic N) is 3. The predicted octanol–water partition coefficient (Wildman–Crippen LogP) is 6.17. The fourth-order valence-electron chi connectivity index (χ4n) is 5.65. The number of piperidine rings is 1. The highest BCUT2D eigenvalue weighted by Crippen LogP contribution is 2.42. The van der Waals surface area contributed by atoms with Gasteiger partial charge in [0, 0.05) is 55.7 Å². The summed E-state index contributed by atoms with van der Waals surface area (Å²) in [7, 11) is -0.672. The number of oxazole rings is 1. The summed E-state index contributed by atoms with van der Waals surface area (Å²) in [5.74, 6) is -0.567. The maximum absolute atomic E-state index is 13.7. The summed E-state index contributed by atoms with van der Waals surface area (Å²) in [6, 6.07) is 15.4. The van der Waals surface area contributed by atoms with Crippen LogP contribution in [-0.4, -0.2) is 52.7 Å². The first kappa shape index (κ1) is 29.4. The van der Waals surface area contributed by atoms with Gasteiger partial charge in [0.25, 0.3) is 11.9 Å². The van der Waals surface area contributed by atoms with E-state index in [2.05, 4.69) is 10.3 Å². The molecule has 0 spiro atoms. The number of amides is 1. The minimum Gasteiger partial charge on any atom is -0.455 e. The van der Waals surface area contributed by atoms with Gasteiger partial charge in [0.05, 0.1) is 23.7 Å². The van der Waals surface area contributed by atoms with E-state index in [0.29, 0.717) is 52.6 Å². The predicted molar refractivity (Wildman–Crippen MR) is 164 cm³/mol. The number of hydrogen-bond donors (Lipinski definition) is 1. The van der Waals surface area contributed by atoms with Gasteiger partial charge in [-0.05, 0) is 73.0 Å². The Morgan fingerprint density at radius 2 is 1.68 bits per heavy atom. The standard InChI is InChI=1S/C32H30F2N4O5S/c1-35-31(39)29-25-15-24(21-5-4-14-38(18-21)32-36-17-28(43-32)19-6-10-22(33)11-7-19)26(37(2)44(3,40)41)16-27(25)42-30(29)20-8-12-23(34)13-9-20/h6-13,15-17,21H,4-5,14,18H2,1-3H3,(H,35,39). The quantitative estimate of drug-likeness (QED) is 0.232. The van der Waals surface area contributed by atoms with Crippen LogP contribution in [0, 0.1) is 11.6 Å². The van der Waals surface area contributed by atoms with Crippen molar-refractivity contribution in [2.45, 2.75) is 18.8 Å². The van der Waals surface area contributed by atoms with Crippen molar-refractivity contribution >= 4 is 38.6 Å². The minimum atomic E-state index is -3.66. The largest absolute Gasteiger partial charge is 0.455 e. The van der Waals surface area contributed by atoms with Crippen molar-refractivity contribution in [2.75, 3.05) is 42.6 Å². The van der Waals surface area contributed by atoms with E-state index in [1.807, 2.05) is 11.0 Å². The molecule has 3 heterocycles. The Kier molecular flexibility index (Phi) is 7.62. The highest BCUT2D eigenvalue weighted by atomic mass is 32.2. The number of furan rings is 1. The molecule has 0 radical (unpaired) electrons. The van der Waals surface area contributed by atoms with Crippen LogP contribution in [0.25, 0.3) is 33.6 Å². The number of benzene rings is 3. The summed E-state index contributed by atoms with van der Waals surface area (Å²) in [6.45, 7) is 1.14. The fraction of sp³-hybridized carbons (Fsp3) is 0.250. The molecular formula is C32H30F2N4O5S. The molecule has 5 aromatic rings. The smallest absolute Gasteiger partial charge is 0.297 e. The number of rotatable bonds is 7. The minimum absolute atomic E-state index is 0.157.